The van der Waals surface area contributed by atoms with Crippen LogP contribution in [0.1, 0.15) is 22.3 Å². The molecule has 0 aliphatic rings. The molecule has 5 aromatic rings. The van der Waals surface area contributed by atoms with E-state index in [2.05, 4.69) is 57.0 Å². The van der Waals surface area contributed by atoms with Gasteiger partial charge in [0.1, 0.15) is 0 Å². The summed E-state index contributed by atoms with van der Waals surface area (Å²) in [5.41, 5.74) is 13.8. The fraction of sp³-hybridized carbons (Fsp3) is 0.0714. The minimum absolute atomic E-state index is 0.652. The Morgan fingerprint density at radius 2 is 1.08 bits per heavy atom. The molecule has 6 nitrogen and oxygen atoms in total. The zero-order chi connectivity index (χ0) is 25.1. The largest absolute Gasteiger partial charge is 0.278 e. The third-order valence-corrected chi connectivity index (χ3v) is 6.31. The lowest BCUT2D eigenvalue weighted by atomic mass is 10.0. The summed E-state index contributed by atoms with van der Waals surface area (Å²) in [6, 6.07) is 19.2. The third kappa shape index (κ3) is 5.15. The zero-order valence-electron chi connectivity index (χ0n) is 19.6. The van der Waals surface area contributed by atoms with Crippen molar-refractivity contribution in [3.63, 3.8) is 0 Å². The third-order valence-electron chi connectivity index (χ3n) is 5.84. The summed E-state index contributed by atoms with van der Waals surface area (Å²) in [6.45, 7) is 4.10. The topological polar surface area (TPSA) is 74.6 Å². The highest BCUT2D eigenvalue weighted by Crippen LogP contribution is 2.25. The molecule has 0 aliphatic heterocycles. The molecule has 36 heavy (non-hydrogen) atoms. The maximum Gasteiger partial charge on any atom is 0.0738 e. The number of fused-ring (bicyclic) bond motifs is 2. The number of rotatable bonds is 6. The molecule has 3 aromatic carbocycles. The van der Waals surface area contributed by atoms with Crippen LogP contribution in [-0.2, 0) is 0 Å². The summed E-state index contributed by atoms with van der Waals surface area (Å²) < 4.78 is 0. The number of halogens is 2. The molecule has 0 spiro atoms. The summed E-state index contributed by atoms with van der Waals surface area (Å²) in [7, 11) is 0. The second-order valence-corrected chi connectivity index (χ2v) is 9.22. The van der Waals surface area contributed by atoms with E-state index in [0.717, 1.165) is 55.4 Å². The number of hydrogen-bond acceptors (Lipinski definition) is 6. The molecule has 0 atom stereocenters. The van der Waals surface area contributed by atoms with Crippen LogP contribution in [0.2, 0.25) is 10.0 Å². The molecule has 2 heterocycles. The van der Waals surface area contributed by atoms with Gasteiger partial charge in [-0.25, -0.2) is 0 Å². The minimum Gasteiger partial charge on any atom is -0.278 e. The van der Waals surface area contributed by atoms with Crippen LogP contribution in [0, 0.1) is 13.8 Å². The van der Waals surface area contributed by atoms with Gasteiger partial charge in [0.05, 0.1) is 34.8 Å². The van der Waals surface area contributed by atoms with E-state index in [-0.39, 0.29) is 0 Å². The van der Waals surface area contributed by atoms with Gasteiger partial charge >= 0.3 is 0 Å². The molecule has 0 bridgehead atoms. The van der Waals surface area contributed by atoms with Crippen molar-refractivity contribution in [3.05, 3.63) is 105 Å². The second kappa shape index (κ2) is 10.3. The molecular weight excluding hydrogens is 491 g/mol. The summed E-state index contributed by atoms with van der Waals surface area (Å²) in [6.07, 6.45) is 7.10. The molecule has 0 aliphatic carbocycles. The smallest absolute Gasteiger partial charge is 0.0738 e. The first kappa shape index (κ1) is 23.7. The van der Waals surface area contributed by atoms with Crippen molar-refractivity contribution >= 4 is 68.8 Å². The molecule has 5 rings (SSSR count). The number of aryl methyl sites for hydroxylation is 2. The van der Waals surface area contributed by atoms with Crippen LogP contribution in [-0.4, -0.2) is 22.4 Å². The van der Waals surface area contributed by atoms with E-state index < -0.39 is 0 Å². The van der Waals surface area contributed by atoms with E-state index in [1.807, 2.05) is 61.0 Å². The Balaban J connectivity index is 1.31. The van der Waals surface area contributed by atoms with E-state index >= 15 is 0 Å². The maximum absolute atomic E-state index is 6.08. The van der Waals surface area contributed by atoms with Gasteiger partial charge in [-0.1, -0.05) is 23.2 Å². The molecule has 0 fully saturated rings. The van der Waals surface area contributed by atoms with Crippen molar-refractivity contribution in [1.82, 2.24) is 9.97 Å². The van der Waals surface area contributed by atoms with Gasteiger partial charge in [-0.3, -0.25) is 20.8 Å². The molecule has 0 saturated heterocycles. The van der Waals surface area contributed by atoms with Crippen molar-refractivity contribution in [1.29, 1.82) is 0 Å². The van der Waals surface area contributed by atoms with Crippen LogP contribution in [0.15, 0.2) is 83.3 Å². The summed E-state index contributed by atoms with van der Waals surface area (Å²) in [5, 5.41) is 12.1. The van der Waals surface area contributed by atoms with Gasteiger partial charge in [0, 0.05) is 33.2 Å². The monoisotopic (exact) mass is 512 g/mol. The van der Waals surface area contributed by atoms with Crippen LogP contribution in [0.5, 0.6) is 0 Å². The van der Waals surface area contributed by atoms with E-state index in [4.69, 9.17) is 23.2 Å². The number of hydrazone groups is 2. The van der Waals surface area contributed by atoms with E-state index in [9.17, 15) is 0 Å². The van der Waals surface area contributed by atoms with Gasteiger partial charge in [-0.05, 0) is 96.8 Å². The molecule has 2 N–H and O–H groups in total. The Kier molecular flexibility index (Phi) is 6.80. The van der Waals surface area contributed by atoms with Crippen molar-refractivity contribution in [2.24, 2.45) is 10.2 Å². The van der Waals surface area contributed by atoms with E-state index in [0.29, 0.717) is 10.0 Å². The predicted molar refractivity (Wildman–Crippen MR) is 152 cm³/mol. The van der Waals surface area contributed by atoms with Crippen molar-refractivity contribution in [2.45, 2.75) is 13.8 Å². The summed E-state index contributed by atoms with van der Waals surface area (Å²) >= 11 is 12.2. The molecule has 2 aromatic heterocycles. The number of nitrogens with zero attached hydrogens (tertiary/aromatic N) is 4. The molecule has 0 radical (unpaired) electrons. The van der Waals surface area contributed by atoms with Gasteiger partial charge in [0.15, 0.2) is 0 Å². The average molecular weight is 513 g/mol. The fourth-order valence-corrected chi connectivity index (χ4v) is 4.25. The van der Waals surface area contributed by atoms with Crippen LogP contribution in [0.4, 0.5) is 11.4 Å². The van der Waals surface area contributed by atoms with Gasteiger partial charge in [0.2, 0.25) is 0 Å². The van der Waals surface area contributed by atoms with Crippen molar-refractivity contribution < 1.29 is 0 Å². The van der Waals surface area contributed by atoms with E-state index in [1.54, 1.807) is 12.4 Å². The number of anilines is 2. The van der Waals surface area contributed by atoms with Crippen LogP contribution >= 0.6 is 23.2 Å². The quantitative estimate of drug-likeness (QED) is 0.181. The summed E-state index contributed by atoms with van der Waals surface area (Å²) in [5.74, 6) is 0. The van der Waals surface area contributed by atoms with Crippen LogP contribution in [0.3, 0.4) is 0 Å². The standard InChI is InChI=1S/C28H22Cl2N6/c1-17-11-20(16-34-36-26-8-10-32-28-14-22(30)4-6-24(26)28)18(2)12-19(17)15-33-35-25-7-9-31-27-13-21(29)3-5-23(25)27/h3-16H,1-2H3,(H,31,35)(H,32,36)/b33-15-,34-16-. The van der Waals surface area contributed by atoms with Gasteiger partial charge in [-0.15, -0.1) is 0 Å². The Labute approximate surface area is 218 Å². The second-order valence-electron chi connectivity index (χ2n) is 8.35. The normalized spacial score (nSPS) is 11.7. The first-order valence-electron chi connectivity index (χ1n) is 11.3. The Morgan fingerprint density at radius 1 is 0.639 bits per heavy atom. The van der Waals surface area contributed by atoms with Crippen LogP contribution < -0.4 is 10.9 Å². The lowest BCUT2D eigenvalue weighted by Crippen LogP contribution is -1.98. The van der Waals surface area contributed by atoms with Gasteiger partial charge in [0.25, 0.3) is 0 Å². The molecule has 8 heteroatoms. The number of hydrogen-bond donors (Lipinski definition) is 2. The first-order chi connectivity index (χ1) is 17.5. The maximum atomic E-state index is 6.08. The van der Waals surface area contributed by atoms with Gasteiger partial charge < -0.3 is 0 Å². The minimum atomic E-state index is 0.652. The predicted octanol–water partition coefficient (Wildman–Crippen LogP) is 7.60. The highest BCUT2D eigenvalue weighted by atomic mass is 35.5. The highest BCUT2D eigenvalue weighted by molar-refractivity contribution is 6.31. The Hall–Kier alpha value is -4.00. The Bertz CT molecular complexity index is 1520. The molecular formula is C28H22Cl2N6. The molecule has 0 amide bonds. The highest BCUT2D eigenvalue weighted by Gasteiger charge is 2.05. The van der Waals surface area contributed by atoms with E-state index in [1.165, 1.54) is 0 Å². The average Bonchev–Trinajstić information content (AvgIpc) is 2.86. The SMILES string of the molecule is Cc1cc(/C=N\Nc2ccnc3cc(Cl)ccc23)c(C)cc1/C=N\Nc1ccnc2cc(Cl)ccc12. The lowest BCUT2D eigenvalue weighted by Gasteiger charge is -2.08. The summed E-state index contributed by atoms with van der Waals surface area (Å²) in [4.78, 5) is 8.73. The number of nitrogens with one attached hydrogen (secondary N) is 2. The number of aromatic nitrogens is 2. The molecule has 0 saturated carbocycles. The molecule has 178 valence electrons. The fourth-order valence-electron chi connectivity index (χ4n) is 3.92. The molecule has 0 unspecified atom stereocenters. The van der Waals surface area contributed by atoms with Gasteiger partial charge in [-0.2, -0.15) is 10.2 Å². The Morgan fingerprint density at radius 3 is 1.53 bits per heavy atom. The van der Waals surface area contributed by atoms with Crippen LogP contribution in [0.25, 0.3) is 21.8 Å². The van der Waals surface area contributed by atoms with Crippen molar-refractivity contribution in [2.75, 3.05) is 10.9 Å². The number of pyridine rings is 2. The van der Waals surface area contributed by atoms with Crippen molar-refractivity contribution in [3.8, 4) is 0 Å². The number of benzene rings is 3. The zero-order valence-corrected chi connectivity index (χ0v) is 21.1. The lowest BCUT2D eigenvalue weighted by molar-refractivity contribution is 1.31. The first-order valence-corrected chi connectivity index (χ1v) is 12.0.